The molecular weight excluding hydrogens is 384 g/mol. The molecule has 4 atom stereocenters. The molecule has 3 amide bonds. The van der Waals surface area contributed by atoms with E-state index in [1.54, 1.807) is 31.2 Å². The molecule has 1 aliphatic carbocycles. The first-order valence-electron chi connectivity index (χ1n) is 10.7. The van der Waals surface area contributed by atoms with E-state index in [1.165, 1.54) is 6.42 Å². The third-order valence-electron chi connectivity index (χ3n) is 6.35. The molecule has 1 N–H and O–H groups in total. The van der Waals surface area contributed by atoms with E-state index >= 15 is 0 Å². The summed E-state index contributed by atoms with van der Waals surface area (Å²) >= 11 is 0. The second-order valence-electron chi connectivity index (χ2n) is 8.43. The largest absolute Gasteiger partial charge is 0.453 e. The van der Waals surface area contributed by atoms with Gasteiger partial charge in [0, 0.05) is 19.0 Å². The Kier molecular flexibility index (Phi) is 6.90. The Labute approximate surface area is 177 Å². The molecule has 0 radical (unpaired) electrons. The number of fused-ring (bicyclic) bond motifs is 1. The van der Waals surface area contributed by atoms with Crippen LogP contribution in [-0.4, -0.2) is 47.3 Å². The molecular formula is C23H30N2O5. The Morgan fingerprint density at radius 2 is 1.77 bits per heavy atom. The minimum Gasteiger partial charge on any atom is -0.453 e. The van der Waals surface area contributed by atoms with E-state index in [1.807, 2.05) is 0 Å². The Morgan fingerprint density at radius 1 is 1.13 bits per heavy atom. The van der Waals surface area contributed by atoms with Gasteiger partial charge < -0.3 is 10.1 Å². The van der Waals surface area contributed by atoms with Crippen LogP contribution in [0.5, 0.6) is 0 Å². The zero-order chi connectivity index (χ0) is 21.8. The van der Waals surface area contributed by atoms with Crippen LogP contribution in [0, 0.1) is 11.8 Å². The van der Waals surface area contributed by atoms with Gasteiger partial charge in [0.05, 0.1) is 11.1 Å². The van der Waals surface area contributed by atoms with Crippen molar-refractivity contribution < 1.29 is 23.9 Å². The lowest BCUT2D eigenvalue weighted by Crippen LogP contribution is -2.47. The minimum absolute atomic E-state index is 0.0297. The summed E-state index contributed by atoms with van der Waals surface area (Å²) < 4.78 is 5.26. The molecule has 3 rings (SSSR count). The van der Waals surface area contributed by atoms with E-state index in [4.69, 9.17) is 4.74 Å². The summed E-state index contributed by atoms with van der Waals surface area (Å²) in [6.45, 7) is 6.04. The number of hydrogen-bond donors (Lipinski definition) is 1. The highest BCUT2D eigenvalue weighted by Crippen LogP contribution is 2.29. The van der Waals surface area contributed by atoms with Crippen LogP contribution in [0.1, 0.15) is 73.6 Å². The van der Waals surface area contributed by atoms with Crippen molar-refractivity contribution in [2.24, 2.45) is 11.8 Å². The maximum Gasteiger partial charge on any atom is 0.306 e. The highest BCUT2D eigenvalue weighted by molar-refractivity contribution is 6.21. The van der Waals surface area contributed by atoms with Crippen LogP contribution in [0.4, 0.5) is 0 Å². The van der Waals surface area contributed by atoms with E-state index in [9.17, 15) is 19.2 Å². The molecule has 1 fully saturated rings. The van der Waals surface area contributed by atoms with Crippen LogP contribution in [0.25, 0.3) is 0 Å². The molecule has 7 heteroatoms. The van der Waals surface area contributed by atoms with E-state index in [2.05, 4.69) is 19.2 Å². The van der Waals surface area contributed by atoms with Crippen LogP contribution >= 0.6 is 0 Å². The standard InChI is InChI=1S/C23H30N2O5/c1-14-8-6-11-19(15(14)2)24-21(27)16(3)30-20(26)12-7-13-25-22(28)17-9-4-5-10-18(17)23(25)29/h4-5,9-10,14-16,19H,6-8,11-13H2,1-3H3,(H,24,27)/t14-,15-,16-,19-/m1/s1. The summed E-state index contributed by atoms with van der Waals surface area (Å²) in [6.07, 6.45) is 2.64. The Bertz CT molecular complexity index is 802. The fourth-order valence-corrected chi connectivity index (χ4v) is 4.22. The topological polar surface area (TPSA) is 92.8 Å². The molecule has 1 aromatic rings. The summed E-state index contributed by atoms with van der Waals surface area (Å²) in [4.78, 5) is 50.3. The molecule has 1 heterocycles. The summed E-state index contributed by atoms with van der Waals surface area (Å²) in [5.41, 5.74) is 0.781. The second kappa shape index (κ2) is 9.41. The third kappa shape index (κ3) is 4.71. The zero-order valence-corrected chi connectivity index (χ0v) is 17.8. The van der Waals surface area contributed by atoms with Gasteiger partial charge in [-0.25, -0.2) is 0 Å². The maximum absolute atomic E-state index is 12.4. The highest BCUT2D eigenvalue weighted by atomic mass is 16.5. The maximum atomic E-state index is 12.4. The first-order valence-corrected chi connectivity index (χ1v) is 10.7. The molecule has 7 nitrogen and oxygen atoms in total. The molecule has 0 aromatic heterocycles. The minimum atomic E-state index is -0.874. The fraction of sp³-hybridized carbons (Fsp3) is 0.565. The summed E-state index contributed by atoms with van der Waals surface area (Å²) in [5, 5.41) is 3.01. The normalized spacial score (nSPS) is 24.4. The summed E-state index contributed by atoms with van der Waals surface area (Å²) in [6, 6.07) is 6.78. The van der Waals surface area contributed by atoms with Gasteiger partial charge in [0.25, 0.3) is 17.7 Å². The van der Waals surface area contributed by atoms with Crippen molar-refractivity contribution in [3.8, 4) is 0 Å². The van der Waals surface area contributed by atoms with Crippen molar-refractivity contribution in [2.45, 2.75) is 65.0 Å². The molecule has 2 aliphatic rings. The number of ether oxygens (including phenoxy) is 1. The van der Waals surface area contributed by atoms with Gasteiger partial charge in [-0.1, -0.05) is 38.8 Å². The number of amides is 3. The van der Waals surface area contributed by atoms with Gasteiger partial charge in [-0.3, -0.25) is 24.1 Å². The number of carbonyl (C=O) groups excluding carboxylic acids is 4. The number of hydrogen-bond acceptors (Lipinski definition) is 5. The van der Waals surface area contributed by atoms with Crippen molar-refractivity contribution in [1.29, 1.82) is 0 Å². The predicted octanol–water partition coefficient (Wildman–Crippen LogP) is 2.94. The highest BCUT2D eigenvalue weighted by Gasteiger charge is 2.35. The Hall–Kier alpha value is -2.70. The van der Waals surface area contributed by atoms with E-state index in [-0.39, 0.29) is 43.1 Å². The molecule has 0 bridgehead atoms. The van der Waals surface area contributed by atoms with E-state index < -0.39 is 12.1 Å². The predicted molar refractivity (Wildman–Crippen MR) is 111 cm³/mol. The van der Waals surface area contributed by atoms with Crippen LogP contribution in [0.15, 0.2) is 24.3 Å². The van der Waals surface area contributed by atoms with Crippen molar-refractivity contribution in [3.05, 3.63) is 35.4 Å². The molecule has 162 valence electrons. The van der Waals surface area contributed by atoms with E-state index in [0.717, 1.165) is 17.7 Å². The quantitative estimate of drug-likeness (QED) is 0.547. The average molecular weight is 415 g/mol. The molecule has 30 heavy (non-hydrogen) atoms. The van der Waals surface area contributed by atoms with Gasteiger partial charge in [0.15, 0.2) is 6.10 Å². The first kappa shape index (κ1) is 22.0. The van der Waals surface area contributed by atoms with Crippen LogP contribution < -0.4 is 5.32 Å². The van der Waals surface area contributed by atoms with Gasteiger partial charge in [-0.2, -0.15) is 0 Å². The first-order chi connectivity index (χ1) is 14.3. The second-order valence-corrected chi connectivity index (χ2v) is 8.43. The number of nitrogens with one attached hydrogen (secondary N) is 1. The van der Waals surface area contributed by atoms with Crippen LogP contribution in [-0.2, 0) is 14.3 Å². The molecule has 1 aromatic carbocycles. The van der Waals surface area contributed by atoms with Crippen molar-refractivity contribution >= 4 is 23.7 Å². The van der Waals surface area contributed by atoms with Crippen LogP contribution in [0.2, 0.25) is 0 Å². The number of nitrogens with zero attached hydrogens (tertiary/aromatic N) is 1. The Balaban J connectivity index is 1.42. The van der Waals surface area contributed by atoms with Gasteiger partial charge >= 0.3 is 5.97 Å². The number of benzene rings is 1. The monoisotopic (exact) mass is 414 g/mol. The number of carbonyl (C=O) groups is 4. The Morgan fingerprint density at radius 3 is 2.40 bits per heavy atom. The number of rotatable bonds is 7. The van der Waals surface area contributed by atoms with E-state index in [0.29, 0.717) is 23.0 Å². The van der Waals surface area contributed by atoms with Gasteiger partial charge in [0.1, 0.15) is 0 Å². The van der Waals surface area contributed by atoms with Crippen molar-refractivity contribution in [1.82, 2.24) is 10.2 Å². The SMILES string of the molecule is C[C@@H]1[C@H](C)CCC[C@H]1NC(=O)[C@@H](C)OC(=O)CCCN1C(=O)c2ccccc2C1=O. The molecule has 0 saturated heterocycles. The van der Waals surface area contributed by atoms with Crippen LogP contribution in [0.3, 0.4) is 0 Å². The lowest BCUT2D eigenvalue weighted by Gasteiger charge is -2.35. The van der Waals surface area contributed by atoms with Gasteiger partial charge in [0.2, 0.25) is 0 Å². The molecule has 1 saturated carbocycles. The molecule has 0 unspecified atom stereocenters. The molecule has 1 aliphatic heterocycles. The average Bonchev–Trinajstić information content (AvgIpc) is 2.96. The third-order valence-corrected chi connectivity index (χ3v) is 6.35. The molecule has 0 spiro atoms. The fourth-order valence-electron chi connectivity index (χ4n) is 4.22. The summed E-state index contributed by atoms with van der Waals surface area (Å²) in [5.74, 6) is -0.525. The van der Waals surface area contributed by atoms with Gasteiger partial charge in [-0.05, 0) is 43.7 Å². The summed E-state index contributed by atoms with van der Waals surface area (Å²) in [7, 11) is 0. The lowest BCUT2D eigenvalue weighted by atomic mass is 9.78. The number of esters is 1. The van der Waals surface area contributed by atoms with Gasteiger partial charge in [-0.15, -0.1) is 0 Å². The van der Waals surface area contributed by atoms with Crippen molar-refractivity contribution in [3.63, 3.8) is 0 Å². The lowest BCUT2D eigenvalue weighted by molar-refractivity contribution is -0.155. The number of imide groups is 1. The van der Waals surface area contributed by atoms with Crippen molar-refractivity contribution in [2.75, 3.05) is 6.54 Å². The zero-order valence-electron chi connectivity index (χ0n) is 17.8. The smallest absolute Gasteiger partial charge is 0.306 e.